The number of hydrogen-bond donors (Lipinski definition) is 1. The lowest BCUT2D eigenvalue weighted by Gasteiger charge is -2.17. The van der Waals surface area contributed by atoms with Crippen molar-refractivity contribution in [2.75, 3.05) is 11.9 Å². The van der Waals surface area contributed by atoms with Crippen molar-refractivity contribution in [1.29, 1.82) is 0 Å². The van der Waals surface area contributed by atoms with Gasteiger partial charge in [-0.3, -0.25) is 9.59 Å². The van der Waals surface area contributed by atoms with Gasteiger partial charge in [-0.2, -0.15) is 0 Å². The largest absolute Gasteiger partial charge is 0.385 e. The molecule has 1 N–H and O–H groups in total. The van der Waals surface area contributed by atoms with Crippen molar-refractivity contribution >= 4 is 17.3 Å². The molecule has 1 atom stereocenters. The highest BCUT2D eigenvalue weighted by molar-refractivity contribution is 5.97. The van der Waals surface area contributed by atoms with Gasteiger partial charge in [-0.05, 0) is 97.7 Å². The second-order valence-electron chi connectivity index (χ2n) is 11.0. The molecule has 3 nitrogen and oxygen atoms in total. The van der Waals surface area contributed by atoms with Crippen molar-refractivity contribution in [2.24, 2.45) is 0 Å². The number of Topliss-reactive ketones (excluding diaryl/α,β-unsaturated/α-hetero) is 2. The summed E-state index contributed by atoms with van der Waals surface area (Å²) in [7, 11) is 0. The lowest BCUT2D eigenvalue weighted by atomic mass is 9.87. The lowest BCUT2D eigenvalue weighted by molar-refractivity contribution is -0.119. The van der Waals surface area contributed by atoms with Crippen LogP contribution in [-0.2, 0) is 30.5 Å². The maximum atomic E-state index is 13.2. The number of ketones is 2. The molecule has 0 aliphatic heterocycles. The van der Waals surface area contributed by atoms with Gasteiger partial charge in [0.15, 0.2) is 5.78 Å². The molecular formula is C37H49NO2. The van der Waals surface area contributed by atoms with Crippen LogP contribution in [0.3, 0.4) is 0 Å². The number of nitrogens with one attached hydrogen (secondary N) is 1. The van der Waals surface area contributed by atoms with Gasteiger partial charge in [-0.15, -0.1) is 0 Å². The molecule has 0 aliphatic carbocycles. The molecule has 0 spiro atoms. The van der Waals surface area contributed by atoms with Crippen LogP contribution >= 0.6 is 0 Å². The zero-order valence-corrected chi connectivity index (χ0v) is 25.2. The Hall–Kier alpha value is -3.20. The fraction of sp³-hybridized carbons (Fsp3) is 0.459. The van der Waals surface area contributed by atoms with E-state index >= 15 is 0 Å². The first-order valence-electron chi connectivity index (χ1n) is 15.6. The number of carbonyl (C=O) groups excluding carboxylic acids is 2. The number of carbonyl (C=O) groups is 2. The lowest BCUT2D eigenvalue weighted by Crippen LogP contribution is -2.08. The Labute approximate surface area is 242 Å². The van der Waals surface area contributed by atoms with Crippen molar-refractivity contribution in [1.82, 2.24) is 0 Å². The van der Waals surface area contributed by atoms with Crippen LogP contribution in [0.25, 0.3) is 0 Å². The van der Waals surface area contributed by atoms with Gasteiger partial charge in [0.25, 0.3) is 0 Å². The minimum atomic E-state index is 0.156. The Morgan fingerprint density at radius 2 is 1.48 bits per heavy atom. The van der Waals surface area contributed by atoms with Gasteiger partial charge < -0.3 is 5.32 Å². The van der Waals surface area contributed by atoms with Gasteiger partial charge >= 0.3 is 0 Å². The molecule has 0 amide bonds. The van der Waals surface area contributed by atoms with Crippen LogP contribution in [0.4, 0.5) is 5.69 Å². The summed E-state index contributed by atoms with van der Waals surface area (Å²) in [6.45, 7) is 9.50. The summed E-state index contributed by atoms with van der Waals surface area (Å²) in [4.78, 5) is 25.8. The Kier molecular flexibility index (Phi) is 13.2. The molecule has 40 heavy (non-hydrogen) atoms. The van der Waals surface area contributed by atoms with E-state index in [1.54, 1.807) is 0 Å². The van der Waals surface area contributed by atoms with Crippen molar-refractivity contribution in [2.45, 2.75) is 104 Å². The zero-order chi connectivity index (χ0) is 28.7. The molecule has 0 heterocycles. The Morgan fingerprint density at radius 3 is 2.17 bits per heavy atom. The van der Waals surface area contributed by atoms with Crippen LogP contribution in [0.1, 0.15) is 117 Å². The van der Waals surface area contributed by atoms with Crippen LogP contribution in [-0.4, -0.2) is 18.1 Å². The van der Waals surface area contributed by atoms with Crippen molar-refractivity contribution in [3.8, 4) is 0 Å². The van der Waals surface area contributed by atoms with Crippen molar-refractivity contribution in [3.63, 3.8) is 0 Å². The maximum Gasteiger partial charge on any atom is 0.167 e. The first-order valence-corrected chi connectivity index (χ1v) is 15.6. The Morgan fingerprint density at radius 1 is 0.750 bits per heavy atom. The van der Waals surface area contributed by atoms with E-state index in [9.17, 15) is 9.59 Å². The predicted molar refractivity (Wildman–Crippen MR) is 170 cm³/mol. The van der Waals surface area contributed by atoms with E-state index < -0.39 is 0 Å². The number of anilines is 1. The third kappa shape index (κ3) is 9.77. The second kappa shape index (κ2) is 16.8. The third-order valence-corrected chi connectivity index (χ3v) is 7.96. The minimum Gasteiger partial charge on any atom is -0.385 e. The molecule has 3 aromatic carbocycles. The summed E-state index contributed by atoms with van der Waals surface area (Å²) < 4.78 is 0. The smallest absolute Gasteiger partial charge is 0.167 e. The molecular weight excluding hydrogens is 490 g/mol. The van der Waals surface area contributed by atoms with E-state index in [4.69, 9.17) is 0 Å². The van der Waals surface area contributed by atoms with E-state index in [-0.39, 0.29) is 5.78 Å². The fourth-order valence-corrected chi connectivity index (χ4v) is 5.58. The summed E-state index contributed by atoms with van der Waals surface area (Å²) in [6, 6.07) is 23.3. The van der Waals surface area contributed by atoms with Crippen molar-refractivity contribution < 1.29 is 9.59 Å². The molecule has 0 bridgehead atoms. The van der Waals surface area contributed by atoms with Gasteiger partial charge in [0.05, 0.1) is 0 Å². The molecule has 0 radical (unpaired) electrons. The molecule has 0 aliphatic rings. The summed E-state index contributed by atoms with van der Waals surface area (Å²) in [5.41, 5.74) is 8.15. The van der Waals surface area contributed by atoms with Gasteiger partial charge in [-0.1, -0.05) is 81.8 Å². The molecule has 0 aromatic heterocycles. The molecule has 3 rings (SSSR count). The standard InChI is InChI=1S/C37H49NO2/c1-5-12-32(14-11-18-35(39)17-9-13-29-21-19-28(6-2)20-22-29)33-15-10-16-34(27-33)37(40)26-30-23-24-31(7-3)36(25-30)38-8-4/h10,15-16,19-25,27,32,38H,5-9,11-14,17-18,26H2,1-4H3. The topological polar surface area (TPSA) is 46.2 Å². The number of hydrogen-bond acceptors (Lipinski definition) is 3. The molecule has 3 aromatic rings. The summed E-state index contributed by atoms with van der Waals surface area (Å²) >= 11 is 0. The van der Waals surface area contributed by atoms with E-state index in [0.29, 0.717) is 31.0 Å². The van der Waals surface area contributed by atoms with E-state index in [1.807, 2.05) is 12.1 Å². The van der Waals surface area contributed by atoms with E-state index in [0.717, 1.165) is 74.7 Å². The SMILES string of the molecule is CCCC(CCCC(=O)CCCc1ccc(CC)cc1)c1cccc(C(=O)Cc2ccc(CC)c(NCC)c2)c1. The first-order chi connectivity index (χ1) is 19.5. The van der Waals surface area contributed by atoms with Gasteiger partial charge in [0.1, 0.15) is 5.78 Å². The van der Waals surface area contributed by atoms with Crippen LogP contribution in [0.15, 0.2) is 66.7 Å². The molecule has 3 heteroatoms. The number of benzene rings is 3. The fourth-order valence-electron chi connectivity index (χ4n) is 5.58. The maximum absolute atomic E-state index is 13.2. The van der Waals surface area contributed by atoms with Crippen LogP contribution in [0, 0.1) is 0 Å². The highest BCUT2D eigenvalue weighted by Gasteiger charge is 2.15. The normalized spacial score (nSPS) is 11.8. The quantitative estimate of drug-likeness (QED) is 0.164. The molecule has 0 saturated carbocycles. The molecule has 1 unspecified atom stereocenters. The highest BCUT2D eigenvalue weighted by atomic mass is 16.1. The molecule has 214 valence electrons. The average molecular weight is 540 g/mol. The third-order valence-electron chi connectivity index (χ3n) is 7.96. The van der Waals surface area contributed by atoms with Crippen LogP contribution < -0.4 is 5.32 Å². The summed E-state index contributed by atoms with van der Waals surface area (Å²) in [5.74, 6) is 0.908. The Bertz CT molecular complexity index is 1210. The van der Waals surface area contributed by atoms with Gasteiger partial charge in [0, 0.05) is 37.1 Å². The van der Waals surface area contributed by atoms with Gasteiger partial charge in [-0.25, -0.2) is 0 Å². The average Bonchev–Trinajstić information content (AvgIpc) is 2.97. The molecule has 0 fully saturated rings. The van der Waals surface area contributed by atoms with E-state index in [1.165, 1.54) is 22.3 Å². The van der Waals surface area contributed by atoms with Crippen LogP contribution in [0.2, 0.25) is 0 Å². The molecule has 0 saturated heterocycles. The van der Waals surface area contributed by atoms with Crippen molar-refractivity contribution in [3.05, 3.63) is 100 Å². The highest BCUT2D eigenvalue weighted by Crippen LogP contribution is 2.28. The monoisotopic (exact) mass is 539 g/mol. The van der Waals surface area contributed by atoms with Gasteiger partial charge in [0.2, 0.25) is 0 Å². The Balaban J connectivity index is 1.52. The first kappa shape index (κ1) is 31.3. The second-order valence-corrected chi connectivity index (χ2v) is 11.0. The zero-order valence-electron chi connectivity index (χ0n) is 25.2. The van der Waals surface area contributed by atoms with Crippen LogP contribution in [0.5, 0.6) is 0 Å². The number of aryl methyl sites for hydroxylation is 3. The number of rotatable bonds is 18. The summed E-state index contributed by atoms with van der Waals surface area (Å²) in [6.07, 6.45) is 9.68. The van der Waals surface area contributed by atoms with E-state index in [2.05, 4.69) is 87.6 Å². The predicted octanol–water partition coefficient (Wildman–Crippen LogP) is 9.31. The summed E-state index contributed by atoms with van der Waals surface area (Å²) in [5, 5.41) is 3.43. The minimum absolute atomic E-state index is 0.156.